The molecule has 128 valence electrons. The van der Waals surface area contributed by atoms with Crippen LogP contribution in [-0.2, 0) is 9.53 Å². The van der Waals surface area contributed by atoms with Gasteiger partial charge in [0.25, 0.3) is 0 Å². The van der Waals surface area contributed by atoms with Crippen molar-refractivity contribution in [3.63, 3.8) is 0 Å². The highest BCUT2D eigenvalue weighted by Crippen LogP contribution is 2.42. The maximum absolute atomic E-state index is 12.5. The maximum atomic E-state index is 12.5. The number of benzene rings is 1. The van der Waals surface area contributed by atoms with Gasteiger partial charge in [-0.2, -0.15) is 0 Å². The minimum atomic E-state index is -0.600. The van der Waals surface area contributed by atoms with E-state index in [1.54, 1.807) is 0 Å². The standard InChI is InChI=1S/C20H26NO3/c1-3-11-21(2)16-9-10-17(21)13-18(12-16)24-20(23)19(14-22)15-7-5-4-6-8-15/h1,4-8,16-19,22H,9-14H2,2H3/q+1/t16-,17-,18?,19+,21?/m1/s1. The van der Waals surface area contributed by atoms with E-state index in [1.165, 1.54) is 0 Å². The van der Waals surface area contributed by atoms with E-state index in [2.05, 4.69) is 13.0 Å². The third-order valence-corrected chi connectivity index (χ3v) is 5.96. The Hall–Kier alpha value is -1.83. The summed E-state index contributed by atoms with van der Waals surface area (Å²) >= 11 is 0. The van der Waals surface area contributed by atoms with Gasteiger partial charge in [0.1, 0.15) is 18.6 Å². The molecule has 0 unspecified atom stereocenters. The Morgan fingerprint density at radius 1 is 1.33 bits per heavy atom. The summed E-state index contributed by atoms with van der Waals surface area (Å²) in [6.07, 6.45) is 9.54. The van der Waals surface area contributed by atoms with Crippen molar-refractivity contribution < 1.29 is 19.1 Å². The number of esters is 1. The van der Waals surface area contributed by atoms with E-state index in [9.17, 15) is 9.90 Å². The maximum Gasteiger partial charge on any atom is 0.316 e. The van der Waals surface area contributed by atoms with Crippen molar-refractivity contribution in [1.82, 2.24) is 0 Å². The third-order valence-electron chi connectivity index (χ3n) is 5.96. The number of quaternary nitrogens is 1. The van der Waals surface area contributed by atoms with E-state index in [4.69, 9.17) is 11.2 Å². The highest BCUT2D eigenvalue weighted by atomic mass is 16.5. The van der Waals surface area contributed by atoms with Crippen molar-refractivity contribution in [1.29, 1.82) is 0 Å². The molecule has 0 spiro atoms. The molecule has 2 bridgehead atoms. The Kier molecular flexibility index (Phi) is 4.93. The lowest BCUT2D eigenvalue weighted by Crippen LogP contribution is -2.59. The molecular formula is C20H26NO3+. The lowest BCUT2D eigenvalue weighted by molar-refractivity contribution is -0.943. The second-order valence-electron chi connectivity index (χ2n) is 7.27. The van der Waals surface area contributed by atoms with Gasteiger partial charge in [0.15, 0.2) is 0 Å². The molecule has 2 fully saturated rings. The topological polar surface area (TPSA) is 46.5 Å². The summed E-state index contributed by atoms with van der Waals surface area (Å²) in [5.41, 5.74) is 0.803. The highest BCUT2D eigenvalue weighted by Gasteiger charge is 2.52. The molecule has 2 aliphatic heterocycles. The molecule has 4 heteroatoms. The fourth-order valence-corrected chi connectivity index (χ4v) is 4.49. The molecule has 0 aromatic heterocycles. The average Bonchev–Trinajstić information content (AvgIpc) is 2.75. The van der Waals surface area contributed by atoms with Crippen LogP contribution in [0.1, 0.15) is 37.2 Å². The first-order chi connectivity index (χ1) is 11.6. The molecule has 24 heavy (non-hydrogen) atoms. The Labute approximate surface area is 144 Å². The molecule has 2 saturated heterocycles. The second kappa shape index (κ2) is 6.96. The summed E-state index contributed by atoms with van der Waals surface area (Å²) in [6, 6.07) is 10.3. The zero-order valence-corrected chi connectivity index (χ0v) is 14.2. The number of hydrogen-bond donors (Lipinski definition) is 1. The molecule has 4 nitrogen and oxygen atoms in total. The van der Waals surface area contributed by atoms with Crippen LogP contribution in [0.2, 0.25) is 0 Å². The van der Waals surface area contributed by atoms with E-state index in [0.29, 0.717) is 12.1 Å². The SMILES string of the molecule is C#CC[N+]1(C)[C@@H]2CC[C@@H]1CC(OC(=O)[C@@H](CO)c1ccccc1)C2. The predicted octanol–water partition coefficient (Wildman–Crippen LogP) is 2.08. The smallest absolute Gasteiger partial charge is 0.316 e. The van der Waals surface area contributed by atoms with E-state index < -0.39 is 5.92 Å². The molecule has 2 aliphatic rings. The van der Waals surface area contributed by atoms with Gasteiger partial charge in [-0.15, -0.1) is 6.42 Å². The quantitative estimate of drug-likeness (QED) is 0.511. The van der Waals surface area contributed by atoms with Crippen LogP contribution in [-0.4, -0.2) is 53.9 Å². The molecule has 0 saturated carbocycles. The van der Waals surface area contributed by atoms with E-state index >= 15 is 0 Å². The number of rotatable bonds is 5. The van der Waals surface area contributed by atoms with E-state index in [1.807, 2.05) is 30.3 Å². The molecule has 0 radical (unpaired) electrons. The number of carbonyl (C=O) groups excluding carboxylic acids is 1. The number of piperidine rings is 1. The molecule has 3 rings (SSSR count). The van der Waals surface area contributed by atoms with Crippen molar-refractivity contribution in [2.75, 3.05) is 20.2 Å². The van der Waals surface area contributed by atoms with E-state index in [0.717, 1.165) is 42.3 Å². The van der Waals surface area contributed by atoms with Crippen LogP contribution in [0, 0.1) is 12.3 Å². The highest BCUT2D eigenvalue weighted by molar-refractivity contribution is 5.78. The summed E-state index contributed by atoms with van der Waals surface area (Å²) in [5, 5.41) is 9.62. The van der Waals surface area contributed by atoms with Crippen LogP contribution in [0.5, 0.6) is 0 Å². The van der Waals surface area contributed by atoms with Crippen molar-refractivity contribution in [2.45, 2.75) is 49.8 Å². The van der Waals surface area contributed by atoms with Crippen LogP contribution in [0.4, 0.5) is 0 Å². The van der Waals surface area contributed by atoms with Crippen LogP contribution in [0.15, 0.2) is 30.3 Å². The van der Waals surface area contributed by atoms with Gasteiger partial charge in [0.2, 0.25) is 0 Å². The van der Waals surface area contributed by atoms with Gasteiger partial charge in [-0.25, -0.2) is 0 Å². The van der Waals surface area contributed by atoms with Crippen molar-refractivity contribution in [3.8, 4) is 12.3 Å². The number of terminal acetylenes is 1. The summed E-state index contributed by atoms with van der Waals surface area (Å²) in [4.78, 5) is 12.5. The summed E-state index contributed by atoms with van der Waals surface area (Å²) in [6.45, 7) is 0.520. The Morgan fingerprint density at radius 2 is 1.96 bits per heavy atom. The summed E-state index contributed by atoms with van der Waals surface area (Å²) < 4.78 is 6.71. The zero-order valence-electron chi connectivity index (χ0n) is 14.2. The number of aliphatic hydroxyl groups is 1. The number of hydrogen-bond acceptors (Lipinski definition) is 3. The van der Waals surface area contributed by atoms with Crippen LogP contribution < -0.4 is 0 Å². The Morgan fingerprint density at radius 3 is 2.50 bits per heavy atom. The first-order valence-corrected chi connectivity index (χ1v) is 8.73. The minimum Gasteiger partial charge on any atom is -0.461 e. The van der Waals surface area contributed by atoms with Crippen molar-refractivity contribution in [3.05, 3.63) is 35.9 Å². The van der Waals surface area contributed by atoms with Gasteiger partial charge >= 0.3 is 5.97 Å². The van der Waals surface area contributed by atoms with Gasteiger partial charge in [0.05, 0.1) is 25.7 Å². The summed E-state index contributed by atoms with van der Waals surface area (Å²) in [5.74, 6) is 1.90. The van der Waals surface area contributed by atoms with Crippen molar-refractivity contribution in [2.24, 2.45) is 0 Å². The zero-order chi connectivity index (χ0) is 17.2. The molecule has 2 heterocycles. The number of nitrogens with zero attached hydrogens (tertiary/aromatic N) is 1. The fourth-order valence-electron chi connectivity index (χ4n) is 4.49. The fraction of sp³-hybridized carbons (Fsp3) is 0.550. The third kappa shape index (κ3) is 3.07. The van der Waals surface area contributed by atoms with Gasteiger partial charge in [0, 0.05) is 25.7 Å². The number of fused-ring (bicyclic) bond motifs is 2. The van der Waals surface area contributed by atoms with Crippen molar-refractivity contribution >= 4 is 5.97 Å². The molecule has 0 aliphatic carbocycles. The molecule has 1 aromatic carbocycles. The first kappa shape index (κ1) is 17.0. The first-order valence-electron chi connectivity index (χ1n) is 8.73. The lowest BCUT2D eigenvalue weighted by atomic mass is 9.96. The lowest BCUT2D eigenvalue weighted by Gasteiger charge is -2.45. The largest absolute Gasteiger partial charge is 0.461 e. The van der Waals surface area contributed by atoms with Crippen LogP contribution in [0.3, 0.4) is 0 Å². The van der Waals surface area contributed by atoms with Gasteiger partial charge < -0.3 is 14.3 Å². The predicted molar refractivity (Wildman–Crippen MR) is 92.1 cm³/mol. The number of ether oxygens (including phenoxy) is 1. The van der Waals surface area contributed by atoms with Crippen LogP contribution in [0.25, 0.3) is 0 Å². The van der Waals surface area contributed by atoms with Gasteiger partial charge in [-0.05, 0) is 11.5 Å². The molecular weight excluding hydrogens is 302 g/mol. The molecule has 0 amide bonds. The van der Waals surface area contributed by atoms with Gasteiger partial charge in [-0.3, -0.25) is 4.79 Å². The normalized spacial score (nSPS) is 32.8. The monoisotopic (exact) mass is 328 g/mol. The second-order valence-corrected chi connectivity index (χ2v) is 7.27. The average molecular weight is 328 g/mol. The molecule has 1 aromatic rings. The molecule has 1 N–H and O–H groups in total. The Bertz CT molecular complexity index is 608. The molecule has 3 atom stereocenters. The van der Waals surface area contributed by atoms with E-state index in [-0.39, 0.29) is 18.7 Å². The number of carbonyl (C=O) groups is 1. The Balaban J connectivity index is 1.65. The summed E-state index contributed by atoms with van der Waals surface area (Å²) in [7, 11) is 2.24. The van der Waals surface area contributed by atoms with Gasteiger partial charge in [-0.1, -0.05) is 30.3 Å². The number of aliphatic hydroxyl groups excluding tert-OH is 1. The van der Waals surface area contributed by atoms with Crippen LogP contribution >= 0.6 is 0 Å². The minimum absolute atomic E-state index is 0.0586.